The van der Waals surface area contributed by atoms with Crippen molar-refractivity contribution in [3.8, 4) is 28.3 Å². The number of benzene rings is 3. The van der Waals surface area contributed by atoms with E-state index in [0.717, 1.165) is 58.4 Å². The molecule has 0 radical (unpaired) electrons. The van der Waals surface area contributed by atoms with Gasteiger partial charge in [-0.3, -0.25) is 0 Å². The summed E-state index contributed by atoms with van der Waals surface area (Å²) < 4.78 is 7.19. The number of H-pyrrole nitrogens is 1. The molecule has 2 N–H and O–H groups in total. The van der Waals surface area contributed by atoms with Crippen LogP contribution in [0.15, 0.2) is 66.7 Å². The first kappa shape index (κ1) is 22.3. The molecule has 0 unspecified atom stereocenters. The molecule has 0 aliphatic carbocycles. The average Bonchev–Trinajstić information content (AvgIpc) is 3.52. The maximum Gasteiger partial charge on any atom is 0.511 e. The fourth-order valence-electron chi connectivity index (χ4n) is 4.17. The lowest BCUT2D eigenvalue weighted by Gasteiger charge is -2.12. The van der Waals surface area contributed by atoms with E-state index >= 15 is 0 Å². The number of fused-ring (bicyclic) bond motifs is 1. The molecular weight excluding hydrogens is 444 g/mol. The molecule has 0 spiro atoms. The number of ether oxygens (including phenoxy) is 1. The summed E-state index contributed by atoms with van der Waals surface area (Å²) in [6, 6.07) is 21.2. The zero-order valence-corrected chi connectivity index (χ0v) is 19.2. The second kappa shape index (κ2) is 9.76. The van der Waals surface area contributed by atoms with Crippen LogP contribution in [0, 0.1) is 0 Å². The molecule has 0 fully saturated rings. The van der Waals surface area contributed by atoms with Crippen LogP contribution in [-0.4, -0.2) is 41.4 Å². The van der Waals surface area contributed by atoms with Gasteiger partial charge in [0.25, 0.3) is 0 Å². The summed E-state index contributed by atoms with van der Waals surface area (Å²) in [5, 5.41) is 23.3. The molecule has 2 aromatic heterocycles. The lowest BCUT2D eigenvalue weighted by Crippen LogP contribution is -2.05. The van der Waals surface area contributed by atoms with Gasteiger partial charge in [-0.05, 0) is 47.0 Å². The Morgan fingerprint density at radius 1 is 1.06 bits per heavy atom. The van der Waals surface area contributed by atoms with Gasteiger partial charge in [0.15, 0.2) is 0 Å². The number of aromatic nitrogens is 6. The van der Waals surface area contributed by atoms with Crippen molar-refractivity contribution < 1.29 is 14.6 Å². The summed E-state index contributed by atoms with van der Waals surface area (Å²) in [5.74, 6) is 1.89. The van der Waals surface area contributed by atoms with E-state index in [4.69, 9.17) is 14.8 Å². The van der Waals surface area contributed by atoms with E-state index < -0.39 is 6.16 Å². The van der Waals surface area contributed by atoms with Crippen molar-refractivity contribution >= 4 is 17.2 Å². The predicted octanol–water partition coefficient (Wildman–Crippen LogP) is 5.33. The van der Waals surface area contributed by atoms with Crippen molar-refractivity contribution in [2.75, 3.05) is 0 Å². The fourth-order valence-corrected chi connectivity index (χ4v) is 4.17. The summed E-state index contributed by atoms with van der Waals surface area (Å²) in [6.07, 6.45) is 1.70. The van der Waals surface area contributed by atoms with E-state index in [1.807, 2.05) is 36.4 Å². The SMILES string of the molecule is CCCCc1nc2cc(-c3nn[nH]n3)ccc2n1Cc1ccc(-c2ccccc2OC(=O)O)cc1. The van der Waals surface area contributed by atoms with Gasteiger partial charge in [-0.2, -0.15) is 5.21 Å². The topological polar surface area (TPSA) is 119 Å². The van der Waals surface area contributed by atoms with E-state index in [1.165, 1.54) is 0 Å². The molecule has 0 atom stereocenters. The predicted molar refractivity (Wildman–Crippen MR) is 131 cm³/mol. The van der Waals surface area contributed by atoms with Gasteiger partial charge in [-0.25, -0.2) is 9.78 Å². The Balaban J connectivity index is 1.46. The molecule has 9 nitrogen and oxygen atoms in total. The van der Waals surface area contributed by atoms with E-state index in [0.29, 0.717) is 18.1 Å². The van der Waals surface area contributed by atoms with Gasteiger partial charge in [0, 0.05) is 24.1 Å². The number of hydrogen-bond donors (Lipinski definition) is 2. The highest BCUT2D eigenvalue weighted by Gasteiger charge is 2.14. The molecule has 3 aromatic carbocycles. The number of unbranched alkanes of at least 4 members (excludes halogenated alkanes) is 1. The first-order chi connectivity index (χ1) is 17.1. The molecule has 0 amide bonds. The average molecular weight is 469 g/mol. The number of imidazole rings is 1. The van der Waals surface area contributed by atoms with E-state index in [1.54, 1.807) is 12.1 Å². The molecule has 0 saturated carbocycles. The molecule has 0 bridgehead atoms. The molecule has 5 rings (SSSR count). The molecule has 9 heteroatoms. The van der Waals surface area contributed by atoms with Crippen LogP contribution in [0.5, 0.6) is 5.75 Å². The van der Waals surface area contributed by atoms with Crippen LogP contribution in [0.4, 0.5) is 4.79 Å². The third kappa shape index (κ3) is 4.74. The van der Waals surface area contributed by atoms with Crippen molar-refractivity contribution in [1.29, 1.82) is 0 Å². The summed E-state index contributed by atoms with van der Waals surface area (Å²) in [4.78, 5) is 16.0. The third-order valence-electron chi connectivity index (χ3n) is 5.87. The van der Waals surface area contributed by atoms with Gasteiger partial charge in [0.05, 0.1) is 11.0 Å². The third-order valence-corrected chi connectivity index (χ3v) is 5.87. The van der Waals surface area contributed by atoms with Crippen LogP contribution in [0.25, 0.3) is 33.5 Å². The molecule has 0 aliphatic heterocycles. The summed E-state index contributed by atoms with van der Waals surface area (Å²) in [5.41, 5.74) is 5.54. The Bertz CT molecular complexity index is 1460. The van der Waals surface area contributed by atoms with Crippen LogP contribution < -0.4 is 4.74 Å². The maximum atomic E-state index is 11.0. The van der Waals surface area contributed by atoms with Crippen molar-refractivity contribution in [3.63, 3.8) is 0 Å². The molecule has 5 aromatic rings. The molecular formula is C26H24N6O3. The van der Waals surface area contributed by atoms with Crippen LogP contribution in [0.3, 0.4) is 0 Å². The zero-order valence-electron chi connectivity index (χ0n) is 19.2. The number of carboxylic acid groups (broad SMARTS) is 1. The standard InChI is InChI=1S/C26H24N6O3/c1-2-3-8-24-27-21-15-19(25-28-30-31-29-25)13-14-22(21)32(24)16-17-9-11-18(12-10-17)20-6-4-5-7-23(20)35-26(33)34/h4-7,9-15H,2-3,8,16H2,1H3,(H,33,34)(H,28,29,30,31). The number of nitrogens with one attached hydrogen (secondary N) is 1. The molecule has 176 valence electrons. The monoisotopic (exact) mass is 468 g/mol. The number of aromatic amines is 1. The lowest BCUT2D eigenvalue weighted by molar-refractivity contribution is 0.144. The Kier molecular flexibility index (Phi) is 6.21. The first-order valence-electron chi connectivity index (χ1n) is 11.4. The van der Waals surface area contributed by atoms with Crippen LogP contribution in [0.2, 0.25) is 0 Å². The van der Waals surface area contributed by atoms with Crippen LogP contribution >= 0.6 is 0 Å². The largest absolute Gasteiger partial charge is 0.511 e. The van der Waals surface area contributed by atoms with E-state index in [-0.39, 0.29) is 0 Å². The molecule has 2 heterocycles. The maximum absolute atomic E-state index is 11.0. The Morgan fingerprint density at radius 2 is 1.86 bits per heavy atom. The minimum atomic E-state index is -1.33. The van der Waals surface area contributed by atoms with Crippen molar-refractivity contribution in [3.05, 3.63) is 78.1 Å². The van der Waals surface area contributed by atoms with Gasteiger partial charge in [0.1, 0.15) is 11.6 Å². The number of rotatable bonds is 8. The number of tetrazole rings is 1. The first-order valence-corrected chi connectivity index (χ1v) is 11.4. The van der Waals surface area contributed by atoms with Gasteiger partial charge in [-0.1, -0.05) is 55.8 Å². The van der Waals surface area contributed by atoms with Gasteiger partial charge in [0.2, 0.25) is 5.82 Å². The quantitative estimate of drug-likeness (QED) is 0.233. The Morgan fingerprint density at radius 3 is 2.60 bits per heavy atom. The van der Waals surface area contributed by atoms with Gasteiger partial charge >= 0.3 is 6.16 Å². The van der Waals surface area contributed by atoms with Crippen LogP contribution in [0.1, 0.15) is 31.2 Å². The van der Waals surface area contributed by atoms with Crippen LogP contribution in [-0.2, 0) is 13.0 Å². The van der Waals surface area contributed by atoms with Gasteiger partial charge in [-0.15, -0.1) is 10.2 Å². The smallest absolute Gasteiger partial charge is 0.449 e. The number of hydrogen-bond acceptors (Lipinski definition) is 6. The highest BCUT2D eigenvalue weighted by molar-refractivity contribution is 5.81. The molecule has 35 heavy (non-hydrogen) atoms. The lowest BCUT2D eigenvalue weighted by atomic mass is 10.0. The second-order valence-corrected chi connectivity index (χ2v) is 8.22. The number of aryl methyl sites for hydroxylation is 1. The van der Waals surface area contributed by atoms with Crippen molar-refractivity contribution in [1.82, 2.24) is 30.2 Å². The van der Waals surface area contributed by atoms with E-state index in [2.05, 4.69) is 50.3 Å². The highest BCUT2D eigenvalue weighted by Crippen LogP contribution is 2.31. The Labute approximate surface area is 201 Å². The van der Waals surface area contributed by atoms with E-state index in [9.17, 15) is 4.79 Å². The fraction of sp³-hybridized carbons (Fsp3) is 0.192. The number of carbonyl (C=O) groups is 1. The zero-order chi connectivity index (χ0) is 24.2. The summed E-state index contributed by atoms with van der Waals surface area (Å²) in [7, 11) is 0. The number of para-hydroxylation sites is 1. The minimum Gasteiger partial charge on any atom is -0.449 e. The minimum absolute atomic E-state index is 0.313. The highest BCUT2D eigenvalue weighted by atomic mass is 16.7. The van der Waals surface area contributed by atoms with Crippen molar-refractivity contribution in [2.24, 2.45) is 0 Å². The summed E-state index contributed by atoms with van der Waals surface area (Å²) >= 11 is 0. The normalized spacial score (nSPS) is 11.1. The Hall–Kier alpha value is -4.53. The van der Waals surface area contributed by atoms with Gasteiger partial charge < -0.3 is 14.4 Å². The molecule has 0 saturated heterocycles. The van der Waals surface area contributed by atoms with Crippen molar-refractivity contribution in [2.45, 2.75) is 32.7 Å². The summed E-state index contributed by atoms with van der Waals surface area (Å²) in [6.45, 7) is 2.84. The second-order valence-electron chi connectivity index (χ2n) is 8.22. The number of nitrogens with zero attached hydrogens (tertiary/aromatic N) is 5. The molecule has 0 aliphatic rings.